The van der Waals surface area contributed by atoms with Crippen LogP contribution in [0.3, 0.4) is 0 Å². The van der Waals surface area contributed by atoms with E-state index in [1.807, 2.05) is 18.2 Å². The zero-order chi connectivity index (χ0) is 18.6. The average molecular weight is 353 g/mol. The second-order valence-electron chi connectivity index (χ2n) is 6.99. The number of carbonyl (C=O) groups is 1. The number of hydrogen-bond donors (Lipinski definition) is 1. The minimum atomic E-state index is -0.470. The molecule has 0 aromatic heterocycles. The minimum absolute atomic E-state index is 0.0154. The molecule has 0 aliphatic carbocycles. The van der Waals surface area contributed by atoms with Gasteiger partial charge in [0.25, 0.3) is 11.6 Å². The monoisotopic (exact) mass is 353 g/mol. The maximum Gasteiger partial charge on any atom is 0.269 e. The third-order valence-electron chi connectivity index (χ3n) is 5.09. The van der Waals surface area contributed by atoms with Gasteiger partial charge in [-0.05, 0) is 44.0 Å². The van der Waals surface area contributed by atoms with E-state index in [2.05, 4.69) is 29.3 Å². The van der Waals surface area contributed by atoms with Crippen molar-refractivity contribution in [2.75, 3.05) is 13.1 Å². The van der Waals surface area contributed by atoms with Gasteiger partial charge in [0.2, 0.25) is 0 Å². The molecule has 1 amide bonds. The number of amides is 1. The summed E-state index contributed by atoms with van der Waals surface area (Å²) >= 11 is 0. The molecule has 1 atom stereocenters. The van der Waals surface area contributed by atoms with Crippen LogP contribution in [-0.2, 0) is 6.54 Å². The predicted molar refractivity (Wildman–Crippen MR) is 99.9 cm³/mol. The molecule has 0 bridgehead atoms. The van der Waals surface area contributed by atoms with E-state index in [0.29, 0.717) is 12.1 Å². The lowest BCUT2D eigenvalue weighted by Crippen LogP contribution is -2.49. The smallest absolute Gasteiger partial charge is 0.269 e. The zero-order valence-corrected chi connectivity index (χ0v) is 14.9. The minimum Gasteiger partial charge on any atom is -0.350 e. The largest absolute Gasteiger partial charge is 0.350 e. The molecule has 1 saturated heterocycles. The zero-order valence-electron chi connectivity index (χ0n) is 14.9. The van der Waals surface area contributed by atoms with Crippen molar-refractivity contribution in [1.29, 1.82) is 0 Å². The van der Waals surface area contributed by atoms with Crippen LogP contribution >= 0.6 is 0 Å². The van der Waals surface area contributed by atoms with Crippen LogP contribution in [0.25, 0.3) is 0 Å². The van der Waals surface area contributed by atoms with Gasteiger partial charge in [0.1, 0.15) is 0 Å². The molecule has 0 saturated carbocycles. The molecule has 26 heavy (non-hydrogen) atoms. The van der Waals surface area contributed by atoms with Crippen molar-refractivity contribution in [3.63, 3.8) is 0 Å². The molecule has 1 heterocycles. The number of hydrogen-bond acceptors (Lipinski definition) is 4. The molecule has 2 aromatic rings. The lowest BCUT2D eigenvalue weighted by atomic mass is 9.98. The highest BCUT2D eigenvalue weighted by atomic mass is 16.6. The second kappa shape index (κ2) is 7.66. The number of nitro groups is 1. The Bertz CT molecular complexity index is 777. The van der Waals surface area contributed by atoms with E-state index in [1.54, 1.807) is 0 Å². The first kappa shape index (κ1) is 18.1. The molecular weight excluding hydrogens is 330 g/mol. The Labute approximate surface area is 153 Å². The van der Waals surface area contributed by atoms with Crippen LogP contribution < -0.4 is 5.32 Å². The molecular formula is C20H23N3O3. The van der Waals surface area contributed by atoms with Crippen LogP contribution in [0.2, 0.25) is 0 Å². The fraction of sp³-hybridized carbons (Fsp3) is 0.350. The Morgan fingerprint density at radius 1 is 1.19 bits per heavy atom. The van der Waals surface area contributed by atoms with Crippen molar-refractivity contribution >= 4 is 11.6 Å². The molecule has 136 valence electrons. The lowest BCUT2D eigenvalue weighted by molar-refractivity contribution is -0.384. The van der Waals surface area contributed by atoms with Crippen molar-refractivity contribution in [1.82, 2.24) is 10.2 Å². The van der Waals surface area contributed by atoms with E-state index in [9.17, 15) is 14.9 Å². The first-order valence-corrected chi connectivity index (χ1v) is 8.80. The van der Waals surface area contributed by atoms with Crippen molar-refractivity contribution in [2.45, 2.75) is 31.8 Å². The van der Waals surface area contributed by atoms with Gasteiger partial charge in [0.05, 0.1) is 4.92 Å². The van der Waals surface area contributed by atoms with Gasteiger partial charge in [-0.2, -0.15) is 0 Å². The molecule has 1 aliphatic rings. The van der Waals surface area contributed by atoms with Gasteiger partial charge in [-0.15, -0.1) is 0 Å². The Morgan fingerprint density at radius 3 is 2.54 bits per heavy atom. The van der Waals surface area contributed by atoms with Crippen molar-refractivity contribution in [3.05, 3.63) is 75.8 Å². The molecule has 6 nitrogen and oxygen atoms in total. The second-order valence-corrected chi connectivity index (χ2v) is 6.99. The van der Waals surface area contributed by atoms with Crippen LogP contribution in [0.15, 0.2) is 54.6 Å². The van der Waals surface area contributed by atoms with Gasteiger partial charge in [-0.1, -0.05) is 30.3 Å². The molecule has 0 radical (unpaired) electrons. The van der Waals surface area contributed by atoms with Gasteiger partial charge in [0, 0.05) is 36.3 Å². The average Bonchev–Trinajstić information content (AvgIpc) is 3.01. The first-order valence-electron chi connectivity index (χ1n) is 8.80. The standard InChI is InChI=1S/C20H23N3O3/c1-20(12-5-13-22(20)14-16-6-3-2-4-7-16)15-21-19(24)17-8-10-18(11-9-17)23(25)26/h2-4,6-11H,5,12-15H2,1H3,(H,21,24). The van der Waals surface area contributed by atoms with Crippen LogP contribution in [-0.4, -0.2) is 34.4 Å². The quantitative estimate of drug-likeness (QED) is 0.638. The molecule has 0 spiro atoms. The van der Waals surface area contributed by atoms with Crippen LogP contribution in [0.1, 0.15) is 35.7 Å². The summed E-state index contributed by atoms with van der Waals surface area (Å²) in [5.41, 5.74) is 1.60. The molecule has 1 aliphatic heterocycles. The Balaban J connectivity index is 1.61. The topological polar surface area (TPSA) is 75.5 Å². The van der Waals surface area contributed by atoms with Crippen LogP contribution in [0, 0.1) is 10.1 Å². The molecule has 3 rings (SSSR count). The molecule has 2 aromatic carbocycles. The summed E-state index contributed by atoms with van der Waals surface area (Å²) in [5.74, 6) is -0.201. The summed E-state index contributed by atoms with van der Waals surface area (Å²) in [5, 5.41) is 13.7. The highest BCUT2D eigenvalue weighted by Crippen LogP contribution is 2.30. The van der Waals surface area contributed by atoms with Crippen molar-refractivity contribution in [3.8, 4) is 0 Å². The van der Waals surface area contributed by atoms with Crippen LogP contribution in [0.5, 0.6) is 0 Å². The van der Waals surface area contributed by atoms with Gasteiger partial charge < -0.3 is 5.32 Å². The lowest BCUT2D eigenvalue weighted by Gasteiger charge is -2.35. The summed E-state index contributed by atoms with van der Waals surface area (Å²) in [6.07, 6.45) is 2.14. The highest BCUT2D eigenvalue weighted by Gasteiger charge is 2.36. The highest BCUT2D eigenvalue weighted by molar-refractivity contribution is 5.94. The first-order chi connectivity index (χ1) is 12.5. The van der Waals surface area contributed by atoms with E-state index in [1.165, 1.54) is 29.8 Å². The predicted octanol–water partition coefficient (Wildman–Crippen LogP) is 3.38. The number of nitrogens with zero attached hydrogens (tertiary/aromatic N) is 2. The van der Waals surface area contributed by atoms with Gasteiger partial charge in [-0.3, -0.25) is 19.8 Å². The Morgan fingerprint density at radius 2 is 1.88 bits per heavy atom. The fourth-order valence-electron chi connectivity index (χ4n) is 3.46. The molecule has 1 fully saturated rings. The third kappa shape index (κ3) is 4.08. The van der Waals surface area contributed by atoms with Crippen molar-refractivity contribution < 1.29 is 9.72 Å². The number of carbonyl (C=O) groups excluding carboxylic acids is 1. The van der Waals surface area contributed by atoms with E-state index in [-0.39, 0.29) is 17.1 Å². The number of nitro benzene ring substituents is 1. The molecule has 6 heteroatoms. The third-order valence-corrected chi connectivity index (χ3v) is 5.09. The Hall–Kier alpha value is -2.73. The van der Waals surface area contributed by atoms with Crippen molar-refractivity contribution in [2.24, 2.45) is 0 Å². The number of likely N-dealkylation sites (tertiary alicyclic amines) is 1. The maximum atomic E-state index is 12.4. The van der Waals surface area contributed by atoms with E-state index in [4.69, 9.17) is 0 Å². The van der Waals surface area contributed by atoms with E-state index >= 15 is 0 Å². The Kier molecular flexibility index (Phi) is 5.32. The summed E-state index contributed by atoms with van der Waals surface area (Å²) in [7, 11) is 0. The molecule has 1 unspecified atom stereocenters. The number of benzene rings is 2. The summed E-state index contributed by atoms with van der Waals surface area (Å²) in [6, 6.07) is 16.0. The van der Waals surface area contributed by atoms with Gasteiger partial charge in [-0.25, -0.2) is 0 Å². The van der Waals surface area contributed by atoms with E-state index < -0.39 is 4.92 Å². The fourth-order valence-corrected chi connectivity index (χ4v) is 3.46. The normalized spacial score (nSPS) is 20.0. The SMILES string of the molecule is CC1(CNC(=O)c2ccc([N+](=O)[O-])cc2)CCCN1Cc1ccccc1. The summed E-state index contributed by atoms with van der Waals surface area (Å²) in [6.45, 7) is 4.61. The van der Waals surface area contributed by atoms with E-state index in [0.717, 1.165) is 25.9 Å². The summed E-state index contributed by atoms with van der Waals surface area (Å²) < 4.78 is 0. The maximum absolute atomic E-state index is 12.4. The number of nitrogens with one attached hydrogen (secondary N) is 1. The van der Waals surface area contributed by atoms with Gasteiger partial charge >= 0.3 is 0 Å². The number of rotatable bonds is 6. The van der Waals surface area contributed by atoms with Crippen LogP contribution in [0.4, 0.5) is 5.69 Å². The van der Waals surface area contributed by atoms with Gasteiger partial charge in [0.15, 0.2) is 0 Å². The number of non-ortho nitro benzene ring substituents is 1. The molecule has 1 N–H and O–H groups in total. The summed E-state index contributed by atoms with van der Waals surface area (Å²) in [4.78, 5) is 25.0.